The fourth-order valence-electron chi connectivity index (χ4n) is 2.82. The molecule has 0 aliphatic carbocycles. The highest BCUT2D eigenvalue weighted by atomic mass is 32.2. The molecule has 2 amide bonds. The molecule has 29 heavy (non-hydrogen) atoms. The predicted molar refractivity (Wildman–Crippen MR) is 102 cm³/mol. The minimum absolute atomic E-state index is 0.0686. The van der Waals surface area contributed by atoms with Crippen LogP contribution in [0.3, 0.4) is 0 Å². The number of hydrogen-bond acceptors (Lipinski definition) is 8. The third kappa shape index (κ3) is 4.91. The molecule has 11 heteroatoms. The van der Waals surface area contributed by atoms with Gasteiger partial charge in [-0.05, 0) is 26.0 Å². The summed E-state index contributed by atoms with van der Waals surface area (Å²) in [5, 5.41) is 6.77. The predicted octanol–water partition coefficient (Wildman–Crippen LogP) is 1.12. The van der Waals surface area contributed by atoms with Gasteiger partial charge in [0.05, 0.1) is 6.61 Å². The summed E-state index contributed by atoms with van der Waals surface area (Å²) in [6.45, 7) is 4.92. The van der Waals surface area contributed by atoms with Gasteiger partial charge in [0.1, 0.15) is 5.75 Å². The third-order valence-corrected chi connectivity index (χ3v) is 5.77. The lowest BCUT2D eigenvalue weighted by molar-refractivity contribution is -0.130. The van der Waals surface area contributed by atoms with Crippen LogP contribution in [-0.2, 0) is 19.4 Å². The number of carbonyl (C=O) groups excluding carboxylic acids is 2. The van der Waals surface area contributed by atoms with E-state index in [9.17, 15) is 18.0 Å². The van der Waals surface area contributed by atoms with Crippen molar-refractivity contribution >= 4 is 21.8 Å². The first kappa shape index (κ1) is 20.8. The number of piperazine rings is 1. The number of amides is 2. The number of nitrogens with zero attached hydrogens (tertiary/aromatic N) is 4. The minimum atomic E-state index is -4.08. The van der Waals surface area contributed by atoms with Crippen LogP contribution in [-0.4, -0.2) is 79.0 Å². The maximum absolute atomic E-state index is 12.5. The number of sulfone groups is 1. The van der Waals surface area contributed by atoms with E-state index in [1.165, 1.54) is 9.80 Å². The zero-order valence-corrected chi connectivity index (χ0v) is 17.0. The second-order valence-electron chi connectivity index (χ2n) is 6.56. The molecule has 0 N–H and O–H groups in total. The Morgan fingerprint density at radius 1 is 1.07 bits per heavy atom. The van der Waals surface area contributed by atoms with Gasteiger partial charge >= 0.3 is 11.3 Å². The largest absolute Gasteiger partial charge is 0.450 e. The Morgan fingerprint density at radius 2 is 1.69 bits per heavy atom. The fourth-order valence-corrected chi connectivity index (χ4v) is 3.82. The lowest BCUT2D eigenvalue weighted by Gasteiger charge is -2.33. The Bertz CT molecular complexity index is 978. The molecule has 0 saturated carbocycles. The summed E-state index contributed by atoms with van der Waals surface area (Å²) in [4.78, 5) is 27.0. The second-order valence-corrected chi connectivity index (χ2v) is 8.43. The smallest absolute Gasteiger partial charge is 0.409 e. The van der Waals surface area contributed by atoms with Crippen LogP contribution in [0.5, 0.6) is 0 Å². The van der Waals surface area contributed by atoms with Crippen LogP contribution in [0.1, 0.15) is 12.5 Å². The summed E-state index contributed by atoms with van der Waals surface area (Å²) >= 11 is 0. The van der Waals surface area contributed by atoms with E-state index in [4.69, 9.17) is 9.15 Å². The van der Waals surface area contributed by atoms with Gasteiger partial charge in [-0.15, -0.1) is 5.10 Å². The van der Waals surface area contributed by atoms with Gasteiger partial charge in [-0.1, -0.05) is 22.8 Å². The van der Waals surface area contributed by atoms with Gasteiger partial charge in [-0.3, -0.25) is 4.79 Å². The van der Waals surface area contributed by atoms with Gasteiger partial charge in [-0.2, -0.15) is 0 Å². The maximum atomic E-state index is 12.5. The Labute approximate surface area is 168 Å². The average Bonchev–Trinajstić information content (AvgIpc) is 3.20. The van der Waals surface area contributed by atoms with E-state index in [-0.39, 0.29) is 38.7 Å². The topological polar surface area (TPSA) is 123 Å². The van der Waals surface area contributed by atoms with Crippen LogP contribution in [0.25, 0.3) is 11.5 Å². The summed E-state index contributed by atoms with van der Waals surface area (Å²) in [6.07, 6.45) is -0.443. The molecule has 0 radical (unpaired) electrons. The van der Waals surface area contributed by atoms with Crippen molar-refractivity contribution in [2.45, 2.75) is 19.1 Å². The molecule has 1 saturated heterocycles. The van der Waals surface area contributed by atoms with E-state index in [1.54, 1.807) is 19.1 Å². The molecule has 156 valence electrons. The summed E-state index contributed by atoms with van der Waals surface area (Å²) in [5.74, 6) is -1.29. The van der Waals surface area contributed by atoms with Crippen LogP contribution in [0.15, 0.2) is 33.9 Å². The molecule has 1 aliphatic rings. The van der Waals surface area contributed by atoms with Crippen LogP contribution in [0.2, 0.25) is 0 Å². The van der Waals surface area contributed by atoms with Crippen molar-refractivity contribution < 1.29 is 27.2 Å². The molecular formula is C18H22N4O6S. The van der Waals surface area contributed by atoms with Gasteiger partial charge in [0.15, 0.2) is 0 Å². The first-order chi connectivity index (χ1) is 13.8. The molecule has 3 rings (SSSR count). The first-order valence-corrected chi connectivity index (χ1v) is 10.8. The standard InChI is InChI=1S/C18H22N4O6S/c1-3-27-18(24)22-10-8-21(9-11-22)15(23)12-29(25,26)17-20-19-16(28-17)14-6-4-13(2)5-7-14/h4-7H,3,8-12H2,1-2H3. The highest BCUT2D eigenvalue weighted by molar-refractivity contribution is 7.91. The number of aromatic nitrogens is 2. The molecule has 0 bridgehead atoms. The molecule has 1 aromatic heterocycles. The van der Waals surface area contributed by atoms with Crippen LogP contribution >= 0.6 is 0 Å². The van der Waals surface area contributed by atoms with E-state index in [0.29, 0.717) is 5.56 Å². The van der Waals surface area contributed by atoms with E-state index < -0.39 is 32.8 Å². The van der Waals surface area contributed by atoms with Crippen molar-refractivity contribution in [3.8, 4) is 11.5 Å². The molecule has 0 unspecified atom stereocenters. The maximum Gasteiger partial charge on any atom is 0.409 e. The summed E-state index contributed by atoms with van der Waals surface area (Å²) in [5.41, 5.74) is 1.63. The molecule has 2 aromatic rings. The third-order valence-electron chi connectivity index (χ3n) is 4.44. The number of aryl methyl sites for hydroxylation is 1. The molecule has 0 atom stereocenters. The molecule has 1 fully saturated rings. The normalized spacial score (nSPS) is 14.7. The van der Waals surface area contributed by atoms with Gasteiger partial charge in [-0.25, -0.2) is 13.2 Å². The number of hydrogen-bond donors (Lipinski definition) is 0. The van der Waals surface area contributed by atoms with Gasteiger partial charge in [0, 0.05) is 31.7 Å². The van der Waals surface area contributed by atoms with Crippen molar-refractivity contribution in [1.29, 1.82) is 0 Å². The summed E-state index contributed by atoms with van der Waals surface area (Å²) in [6, 6.07) is 7.17. The number of benzene rings is 1. The average molecular weight is 422 g/mol. The zero-order valence-electron chi connectivity index (χ0n) is 16.2. The van der Waals surface area contributed by atoms with Crippen molar-refractivity contribution in [2.75, 3.05) is 38.5 Å². The van der Waals surface area contributed by atoms with Crippen molar-refractivity contribution in [1.82, 2.24) is 20.0 Å². The lowest BCUT2D eigenvalue weighted by Crippen LogP contribution is -2.51. The molecule has 10 nitrogen and oxygen atoms in total. The van der Waals surface area contributed by atoms with Crippen LogP contribution in [0.4, 0.5) is 4.79 Å². The van der Waals surface area contributed by atoms with E-state index in [1.807, 2.05) is 19.1 Å². The lowest BCUT2D eigenvalue weighted by atomic mass is 10.1. The second kappa shape index (κ2) is 8.60. The fraction of sp³-hybridized carbons (Fsp3) is 0.444. The number of carbonyl (C=O) groups is 2. The summed E-state index contributed by atoms with van der Waals surface area (Å²) < 4.78 is 35.2. The Hall–Kier alpha value is -2.95. The van der Waals surface area contributed by atoms with Crippen LogP contribution < -0.4 is 0 Å². The van der Waals surface area contributed by atoms with Gasteiger partial charge in [0.25, 0.3) is 0 Å². The van der Waals surface area contributed by atoms with Crippen molar-refractivity contribution in [2.24, 2.45) is 0 Å². The molecule has 2 heterocycles. The molecular weight excluding hydrogens is 400 g/mol. The Kier molecular flexibility index (Phi) is 6.16. The Morgan fingerprint density at radius 3 is 2.31 bits per heavy atom. The van der Waals surface area contributed by atoms with Crippen LogP contribution in [0, 0.1) is 6.92 Å². The van der Waals surface area contributed by atoms with Gasteiger partial charge < -0.3 is 19.0 Å². The minimum Gasteiger partial charge on any atom is -0.450 e. The monoisotopic (exact) mass is 422 g/mol. The molecule has 1 aliphatic heterocycles. The van der Waals surface area contributed by atoms with E-state index >= 15 is 0 Å². The Balaban J connectivity index is 1.62. The first-order valence-electron chi connectivity index (χ1n) is 9.13. The van der Waals surface area contributed by atoms with Crippen molar-refractivity contribution in [3.63, 3.8) is 0 Å². The zero-order chi connectivity index (χ0) is 21.0. The molecule has 1 aromatic carbocycles. The van der Waals surface area contributed by atoms with Crippen molar-refractivity contribution in [3.05, 3.63) is 29.8 Å². The highest BCUT2D eigenvalue weighted by Crippen LogP contribution is 2.21. The van der Waals surface area contributed by atoms with E-state index in [2.05, 4.69) is 10.2 Å². The molecule has 0 spiro atoms. The number of rotatable bonds is 5. The number of ether oxygens (including phenoxy) is 1. The summed E-state index contributed by atoms with van der Waals surface area (Å²) in [7, 11) is -4.08. The van der Waals surface area contributed by atoms with Gasteiger partial charge in [0.2, 0.25) is 21.6 Å². The SMILES string of the molecule is CCOC(=O)N1CCN(C(=O)CS(=O)(=O)c2nnc(-c3ccc(C)cc3)o2)CC1. The highest BCUT2D eigenvalue weighted by Gasteiger charge is 2.31. The van der Waals surface area contributed by atoms with E-state index in [0.717, 1.165) is 5.56 Å². The quantitative estimate of drug-likeness (QED) is 0.702.